The summed E-state index contributed by atoms with van der Waals surface area (Å²) in [5.41, 5.74) is 10.5. The molecule has 0 radical (unpaired) electrons. The van der Waals surface area contributed by atoms with Gasteiger partial charge in [0.2, 0.25) is 0 Å². The lowest BCUT2D eigenvalue weighted by Gasteiger charge is -2.18. The van der Waals surface area contributed by atoms with Crippen molar-refractivity contribution >= 4 is 75.7 Å². The molecule has 11 aromatic rings. The minimum absolute atomic E-state index is 0.905. The van der Waals surface area contributed by atoms with Gasteiger partial charge in [0.25, 0.3) is 0 Å². The zero-order valence-electron chi connectivity index (χ0n) is 28.1. The summed E-state index contributed by atoms with van der Waals surface area (Å²) >= 11 is 1.83. The maximum atomic E-state index is 6.94. The third-order valence-electron chi connectivity index (χ3n) is 10.7. The Hall–Kier alpha value is -6.48. The van der Waals surface area contributed by atoms with Gasteiger partial charge < -0.3 is 4.42 Å². The Morgan fingerprint density at radius 2 is 0.962 bits per heavy atom. The molecule has 2 heterocycles. The fourth-order valence-corrected chi connectivity index (χ4v) is 9.72. The topological polar surface area (TPSA) is 13.1 Å². The number of rotatable bonds is 4. The van der Waals surface area contributed by atoms with Crippen LogP contribution in [-0.4, -0.2) is 0 Å². The van der Waals surface area contributed by atoms with Gasteiger partial charge in [-0.2, -0.15) is 0 Å². The van der Waals surface area contributed by atoms with E-state index in [-0.39, 0.29) is 0 Å². The summed E-state index contributed by atoms with van der Waals surface area (Å²) in [6, 6.07) is 66.0. The number of thiophene rings is 1. The zero-order chi connectivity index (χ0) is 34.2. The first kappa shape index (κ1) is 29.3. The van der Waals surface area contributed by atoms with Crippen LogP contribution in [0.1, 0.15) is 0 Å². The van der Waals surface area contributed by atoms with Crippen molar-refractivity contribution < 1.29 is 4.42 Å². The van der Waals surface area contributed by atoms with Gasteiger partial charge in [0.15, 0.2) is 5.58 Å². The minimum Gasteiger partial charge on any atom is -0.455 e. The summed E-state index contributed by atoms with van der Waals surface area (Å²) in [6.07, 6.45) is 0. The van der Waals surface area contributed by atoms with Crippen molar-refractivity contribution in [1.82, 2.24) is 0 Å². The molecule has 52 heavy (non-hydrogen) atoms. The Labute approximate surface area is 304 Å². The second kappa shape index (κ2) is 11.5. The Bertz CT molecular complexity index is 3110. The quantitative estimate of drug-likeness (QED) is 0.169. The van der Waals surface area contributed by atoms with Gasteiger partial charge in [-0.05, 0) is 83.9 Å². The molecule has 2 heteroatoms. The first-order valence-electron chi connectivity index (χ1n) is 17.8. The smallest absolute Gasteiger partial charge is 0.153 e. The van der Waals surface area contributed by atoms with Crippen molar-refractivity contribution in [1.29, 1.82) is 0 Å². The lowest BCUT2D eigenvalue weighted by molar-refractivity contribution is 0.673. The minimum atomic E-state index is 0.905. The highest BCUT2D eigenvalue weighted by Crippen LogP contribution is 2.51. The van der Waals surface area contributed by atoms with E-state index in [4.69, 9.17) is 4.42 Å². The highest BCUT2D eigenvalue weighted by atomic mass is 32.1. The van der Waals surface area contributed by atoms with Gasteiger partial charge >= 0.3 is 0 Å². The maximum absolute atomic E-state index is 6.94. The van der Waals surface area contributed by atoms with Gasteiger partial charge in [-0.1, -0.05) is 164 Å². The zero-order valence-corrected chi connectivity index (χ0v) is 29.0. The van der Waals surface area contributed by atoms with E-state index in [1.807, 2.05) is 11.3 Å². The predicted octanol–water partition coefficient (Wildman–Crippen LogP) is 14.9. The largest absolute Gasteiger partial charge is 0.455 e. The fourth-order valence-electron chi connectivity index (χ4n) is 8.41. The van der Waals surface area contributed by atoms with Crippen LogP contribution in [0, 0.1) is 0 Å². The lowest BCUT2D eigenvalue weighted by atomic mass is 9.84. The standard InChI is InChI=1S/C50H30OS/c1-3-15-32(16-4-1)45-42-29-28-41-47-40(24-13-25-43(47)51-48(41)50(42)52-49(45)33-17-5-2-6-18-33)46-38-22-11-9-20-36(38)44(37-21-10-12-23-39(37)46)35-27-26-31-14-7-8-19-34(31)30-35/h1-30H. The molecule has 2 aromatic heterocycles. The first-order chi connectivity index (χ1) is 25.8. The van der Waals surface area contributed by atoms with Crippen LogP contribution in [0.4, 0.5) is 0 Å². The van der Waals surface area contributed by atoms with Crippen LogP contribution < -0.4 is 0 Å². The molecule has 0 amide bonds. The molecule has 0 spiro atoms. The third-order valence-corrected chi connectivity index (χ3v) is 11.9. The number of fused-ring (bicyclic) bond motifs is 8. The molecule has 0 saturated heterocycles. The van der Waals surface area contributed by atoms with Gasteiger partial charge in [-0.3, -0.25) is 0 Å². The van der Waals surface area contributed by atoms with Crippen molar-refractivity contribution in [2.24, 2.45) is 0 Å². The Morgan fingerprint density at radius 1 is 0.365 bits per heavy atom. The third kappa shape index (κ3) is 4.35. The van der Waals surface area contributed by atoms with E-state index in [2.05, 4.69) is 182 Å². The summed E-state index contributed by atoms with van der Waals surface area (Å²) in [7, 11) is 0. The van der Waals surface area contributed by atoms with Gasteiger partial charge in [0, 0.05) is 26.6 Å². The summed E-state index contributed by atoms with van der Waals surface area (Å²) in [4.78, 5) is 1.26. The van der Waals surface area contributed by atoms with E-state index in [0.717, 1.165) is 21.9 Å². The number of benzene rings is 9. The normalized spacial score (nSPS) is 11.8. The van der Waals surface area contributed by atoms with Crippen LogP contribution in [0.5, 0.6) is 0 Å². The Balaban J connectivity index is 1.22. The first-order valence-corrected chi connectivity index (χ1v) is 18.6. The molecule has 0 bridgehead atoms. The fraction of sp³-hybridized carbons (Fsp3) is 0. The molecule has 11 rings (SSSR count). The van der Waals surface area contributed by atoms with Gasteiger partial charge in [-0.15, -0.1) is 11.3 Å². The summed E-state index contributed by atoms with van der Waals surface area (Å²) < 4.78 is 8.12. The van der Waals surface area contributed by atoms with Crippen LogP contribution >= 0.6 is 11.3 Å². The van der Waals surface area contributed by atoms with E-state index < -0.39 is 0 Å². The average Bonchev–Trinajstić information content (AvgIpc) is 3.80. The second-order valence-corrected chi connectivity index (χ2v) is 14.6. The van der Waals surface area contributed by atoms with E-state index in [9.17, 15) is 0 Å². The van der Waals surface area contributed by atoms with E-state index >= 15 is 0 Å². The molecule has 0 fully saturated rings. The molecular formula is C50H30OS. The van der Waals surface area contributed by atoms with Crippen molar-refractivity contribution in [2.75, 3.05) is 0 Å². The second-order valence-electron chi connectivity index (χ2n) is 13.5. The Morgan fingerprint density at radius 3 is 1.67 bits per heavy atom. The highest BCUT2D eigenvalue weighted by molar-refractivity contribution is 7.24. The molecule has 0 aliphatic carbocycles. The van der Waals surface area contributed by atoms with Gasteiger partial charge in [-0.25, -0.2) is 0 Å². The van der Waals surface area contributed by atoms with Crippen LogP contribution in [0.2, 0.25) is 0 Å². The molecule has 0 aliphatic heterocycles. The molecule has 0 aliphatic rings. The summed E-state index contributed by atoms with van der Waals surface area (Å²) in [5.74, 6) is 0. The molecular weight excluding hydrogens is 649 g/mol. The van der Waals surface area contributed by atoms with Crippen LogP contribution in [0.15, 0.2) is 186 Å². The van der Waals surface area contributed by atoms with Crippen LogP contribution in [0.25, 0.3) is 108 Å². The monoisotopic (exact) mass is 678 g/mol. The van der Waals surface area contributed by atoms with Gasteiger partial charge in [0.1, 0.15) is 5.58 Å². The maximum Gasteiger partial charge on any atom is 0.153 e. The SMILES string of the molecule is c1ccc(-c2sc3c(ccc4c3oc3cccc(-c5c6ccccc6c(-c6ccc7ccccc7c6)c6ccccc56)c34)c2-c2ccccc2)cc1. The molecule has 0 saturated carbocycles. The molecule has 1 nitrogen and oxygen atoms in total. The van der Waals surface area contributed by atoms with Crippen LogP contribution in [-0.2, 0) is 0 Å². The molecule has 0 unspecified atom stereocenters. The predicted molar refractivity (Wildman–Crippen MR) is 223 cm³/mol. The lowest BCUT2D eigenvalue weighted by Crippen LogP contribution is -1.91. The summed E-state index contributed by atoms with van der Waals surface area (Å²) in [5, 5.41) is 11.0. The molecule has 0 atom stereocenters. The van der Waals surface area contributed by atoms with E-state index in [0.29, 0.717) is 0 Å². The average molecular weight is 679 g/mol. The van der Waals surface area contributed by atoms with Gasteiger partial charge in [0.05, 0.1) is 4.70 Å². The molecule has 0 N–H and O–H groups in total. The van der Waals surface area contributed by atoms with Crippen molar-refractivity contribution in [3.05, 3.63) is 182 Å². The van der Waals surface area contributed by atoms with Crippen molar-refractivity contribution in [2.45, 2.75) is 0 Å². The van der Waals surface area contributed by atoms with Crippen LogP contribution in [0.3, 0.4) is 0 Å². The molecule has 242 valence electrons. The van der Waals surface area contributed by atoms with Crippen molar-refractivity contribution in [3.63, 3.8) is 0 Å². The van der Waals surface area contributed by atoms with E-state index in [1.54, 1.807) is 0 Å². The number of furan rings is 1. The van der Waals surface area contributed by atoms with Crippen molar-refractivity contribution in [3.8, 4) is 43.8 Å². The molecule has 9 aromatic carbocycles. The van der Waals surface area contributed by atoms with E-state index in [1.165, 1.54) is 86.2 Å². The highest BCUT2D eigenvalue weighted by Gasteiger charge is 2.23. The number of hydrogen-bond donors (Lipinski definition) is 0. The summed E-state index contributed by atoms with van der Waals surface area (Å²) in [6.45, 7) is 0. The number of hydrogen-bond acceptors (Lipinski definition) is 2. The Kier molecular flexibility index (Phi) is 6.49.